The maximum absolute atomic E-state index is 9.06. The van der Waals surface area contributed by atoms with Gasteiger partial charge >= 0.3 is 0 Å². The first-order chi connectivity index (χ1) is 5.14. The van der Waals surface area contributed by atoms with Crippen molar-refractivity contribution in [3.63, 3.8) is 0 Å². The molecule has 11 heavy (non-hydrogen) atoms. The Kier molecular flexibility index (Phi) is 2.27. The van der Waals surface area contributed by atoms with Crippen LogP contribution >= 0.6 is 0 Å². The SMILES string of the molecule is C=CCC1=CCC(O)(O)C=C1. The monoisotopic (exact) mass is 152 g/mol. The van der Waals surface area contributed by atoms with Gasteiger partial charge in [-0.1, -0.05) is 18.2 Å². The Morgan fingerprint density at radius 2 is 2.36 bits per heavy atom. The Labute approximate surface area is 66.2 Å². The summed E-state index contributed by atoms with van der Waals surface area (Å²) >= 11 is 0. The first kappa shape index (κ1) is 8.24. The third kappa shape index (κ3) is 2.33. The molecule has 60 valence electrons. The molecular formula is C9H12O2. The lowest BCUT2D eigenvalue weighted by atomic mass is 10.0. The van der Waals surface area contributed by atoms with Crippen molar-refractivity contribution < 1.29 is 10.2 Å². The summed E-state index contributed by atoms with van der Waals surface area (Å²) < 4.78 is 0. The normalized spacial score (nSPS) is 21.1. The van der Waals surface area contributed by atoms with Crippen LogP contribution in [0.3, 0.4) is 0 Å². The van der Waals surface area contributed by atoms with Gasteiger partial charge in [-0.3, -0.25) is 0 Å². The van der Waals surface area contributed by atoms with Gasteiger partial charge in [0.1, 0.15) is 0 Å². The van der Waals surface area contributed by atoms with Crippen molar-refractivity contribution in [1.29, 1.82) is 0 Å². The zero-order chi connectivity index (χ0) is 8.32. The van der Waals surface area contributed by atoms with Gasteiger partial charge < -0.3 is 10.2 Å². The van der Waals surface area contributed by atoms with Gasteiger partial charge in [-0.25, -0.2) is 0 Å². The smallest absolute Gasteiger partial charge is 0.186 e. The van der Waals surface area contributed by atoms with Crippen LogP contribution in [0.15, 0.2) is 36.5 Å². The molecule has 1 aliphatic rings. The second-order valence-electron chi connectivity index (χ2n) is 2.69. The Morgan fingerprint density at radius 1 is 1.64 bits per heavy atom. The lowest BCUT2D eigenvalue weighted by molar-refractivity contribution is -0.115. The van der Waals surface area contributed by atoms with E-state index in [-0.39, 0.29) is 6.42 Å². The summed E-state index contributed by atoms with van der Waals surface area (Å²) in [5.74, 6) is -1.63. The number of allylic oxidation sites excluding steroid dienone is 3. The van der Waals surface area contributed by atoms with Crippen LogP contribution < -0.4 is 0 Å². The summed E-state index contributed by atoms with van der Waals surface area (Å²) in [5.41, 5.74) is 1.08. The molecule has 1 aliphatic carbocycles. The first-order valence-corrected chi connectivity index (χ1v) is 3.58. The van der Waals surface area contributed by atoms with Crippen molar-refractivity contribution in [2.75, 3.05) is 0 Å². The van der Waals surface area contributed by atoms with Gasteiger partial charge in [0.2, 0.25) is 0 Å². The fourth-order valence-corrected chi connectivity index (χ4v) is 0.976. The molecule has 0 amide bonds. The zero-order valence-electron chi connectivity index (χ0n) is 6.33. The maximum atomic E-state index is 9.06. The summed E-state index contributed by atoms with van der Waals surface area (Å²) in [5, 5.41) is 18.1. The molecule has 0 saturated heterocycles. The van der Waals surface area contributed by atoms with E-state index in [0.29, 0.717) is 0 Å². The van der Waals surface area contributed by atoms with Crippen LogP contribution in [0.1, 0.15) is 12.8 Å². The molecule has 0 aromatic rings. The van der Waals surface area contributed by atoms with E-state index in [9.17, 15) is 0 Å². The van der Waals surface area contributed by atoms with E-state index >= 15 is 0 Å². The molecule has 2 N–H and O–H groups in total. The minimum atomic E-state index is -1.63. The summed E-state index contributed by atoms with van der Waals surface area (Å²) in [6, 6.07) is 0. The van der Waals surface area contributed by atoms with Crippen LogP contribution in [0.5, 0.6) is 0 Å². The maximum Gasteiger partial charge on any atom is 0.186 e. The number of hydrogen-bond acceptors (Lipinski definition) is 2. The predicted molar refractivity (Wildman–Crippen MR) is 43.8 cm³/mol. The molecule has 1 rings (SSSR count). The molecule has 0 fully saturated rings. The molecule has 0 spiro atoms. The van der Waals surface area contributed by atoms with Crippen molar-refractivity contribution >= 4 is 0 Å². The Hall–Kier alpha value is -0.860. The molecule has 0 heterocycles. The Bertz CT molecular complexity index is 212. The number of aliphatic hydroxyl groups is 2. The molecule has 0 aromatic heterocycles. The molecule has 0 bridgehead atoms. The zero-order valence-corrected chi connectivity index (χ0v) is 6.33. The van der Waals surface area contributed by atoms with Crippen LogP contribution in [0.2, 0.25) is 0 Å². The van der Waals surface area contributed by atoms with E-state index in [1.165, 1.54) is 6.08 Å². The molecule has 0 saturated carbocycles. The summed E-state index contributed by atoms with van der Waals surface area (Å²) in [6.45, 7) is 3.59. The average Bonchev–Trinajstić information content (AvgIpc) is 1.94. The Morgan fingerprint density at radius 3 is 2.82 bits per heavy atom. The fourth-order valence-electron chi connectivity index (χ4n) is 0.976. The van der Waals surface area contributed by atoms with E-state index in [4.69, 9.17) is 10.2 Å². The van der Waals surface area contributed by atoms with Crippen LogP contribution in [0, 0.1) is 0 Å². The number of rotatable bonds is 2. The van der Waals surface area contributed by atoms with Crippen molar-refractivity contribution in [2.24, 2.45) is 0 Å². The molecule has 0 atom stereocenters. The third-order valence-corrected chi connectivity index (χ3v) is 1.61. The summed E-state index contributed by atoms with van der Waals surface area (Å²) in [6.07, 6.45) is 7.76. The number of hydrogen-bond donors (Lipinski definition) is 2. The molecule has 0 unspecified atom stereocenters. The van der Waals surface area contributed by atoms with Gasteiger partial charge in [0, 0.05) is 6.42 Å². The molecule has 0 aromatic carbocycles. The largest absolute Gasteiger partial charge is 0.362 e. The van der Waals surface area contributed by atoms with Crippen LogP contribution in [-0.2, 0) is 0 Å². The molecule has 2 nitrogen and oxygen atoms in total. The molecular weight excluding hydrogens is 140 g/mol. The van der Waals surface area contributed by atoms with Crippen molar-refractivity contribution in [1.82, 2.24) is 0 Å². The van der Waals surface area contributed by atoms with Gasteiger partial charge in [0.25, 0.3) is 0 Å². The standard InChI is InChI=1S/C9H12O2/c1-2-3-8-4-6-9(10,11)7-5-8/h2,4-6,10-11H,1,3,7H2. The lowest BCUT2D eigenvalue weighted by Gasteiger charge is -2.19. The van der Waals surface area contributed by atoms with Crippen LogP contribution in [-0.4, -0.2) is 16.0 Å². The van der Waals surface area contributed by atoms with Gasteiger partial charge in [0.05, 0.1) is 0 Å². The summed E-state index contributed by atoms with van der Waals surface area (Å²) in [4.78, 5) is 0. The van der Waals surface area contributed by atoms with E-state index in [2.05, 4.69) is 6.58 Å². The van der Waals surface area contributed by atoms with Crippen molar-refractivity contribution in [2.45, 2.75) is 18.6 Å². The van der Waals surface area contributed by atoms with Gasteiger partial charge in [-0.2, -0.15) is 0 Å². The summed E-state index contributed by atoms with van der Waals surface area (Å²) in [7, 11) is 0. The highest BCUT2D eigenvalue weighted by molar-refractivity contribution is 5.27. The van der Waals surface area contributed by atoms with E-state index < -0.39 is 5.79 Å². The third-order valence-electron chi connectivity index (χ3n) is 1.61. The molecule has 2 heteroatoms. The van der Waals surface area contributed by atoms with Crippen molar-refractivity contribution in [3.05, 3.63) is 36.5 Å². The minimum Gasteiger partial charge on any atom is -0.362 e. The highest BCUT2D eigenvalue weighted by Crippen LogP contribution is 2.19. The van der Waals surface area contributed by atoms with Gasteiger partial charge in [-0.15, -0.1) is 6.58 Å². The lowest BCUT2D eigenvalue weighted by Crippen LogP contribution is -2.25. The highest BCUT2D eigenvalue weighted by Gasteiger charge is 2.19. The quantitative estimate of drug-likeness (QED) is 0.460. The molecule has 0 aliphatic heterocycles. The topological polar surface area (TPSA) is 40.5 Å². The average molecular weight is 152 g/mol. The van der Waals surface area contributed by atoms with E-state index in [1.807, 2.05) is 6.08 Å². The van der Waals surface area contributed by atoms with Gasteiger partial charge in [-0.05, 0) is 18.1 Å². The highest BCUT2D eigenvalue weighted by atomic mass is 16.5. The van der Waals surface area contributed by atoms with E-state index in [1.54, 1.807) is 12.2 Å². The second-order valence-corrected chi connectivity index (χ2v) is 2.69. The first-order valence-electron chi connectivity index (χ1n) is 3.58. The fraction of sp³-hybridized carbons (Fsp3) is 0.333. The predicted octanol–water partition coefficient (Wildman–Crippen LogP) is 1.13. The Balaban J connectivity index is 2.59. The van der Waals surface area contributed by atoms with Crippen molar-refractivity contribution in [3.8, 4) is 0 Å². The second kappa shape index (κ2) is 3.03. The van der Waals surface area contributed by atoms with Gasteiger partial charge in [0.15, 0.2) is 5.79 Å². The minimum absolute atomic E-state index is 0.271. The van der Waals surface area contributed by atoms with E-state index in [0.717, 1.165) is 12.0 Å². The molecule has 0 radical (unpaired) electrons. The van der Waals surface area contributed by atoms with Crippen LogP contribution in [0.25, 0.3) is 0 Å². The van der Waals surface area contributed by atoms with Crippen LogP contribution in [0.4, 0.5) is 0 Å².